The highest BCUT2D eigenvalue weighted by Crippen LogP contribution is 2.27. The summed E-state index contributed by atoms with van der Waals surface area (Å²) < 4.78 is 31.6. The summed E-state index contributed by atoms with van der Waals surface area (Å²) in [6, 6.07) is 22.4. The minimum absolute atomic E-state index is 0.0595. The average molecular weight is 531 g/mol. The monoisotopic (exact) mass is 530 g/mol. The Labute approximate surface area is 225 Å². The topological polar surface area (TPSA) is 73.3 Å². The zero-order valence-corrected chi connectivity index (χ0v) is 21.9. The number of nitrogens with zero attached hydrogens (tertiary/aromatic N) is 3. The van der Waals surface area contributed by atoms with Crippen LogP contribution in [-0.2, 0) is 19.5 Å². The van der Waals surface area contributed by atoms with Crippen LogP contribution < -0.4 is 21.9 Å². The molecule has 1 aliphatic rings. The van der Waals surface area contributed by atoms with E-state index in [1.807, 2.05) is 53.4 Å². The van der Waals surface area contributed by atoms with E-state index in [-0.39, 0.29) is 18.7 Å². The lowest BCUT2D eigenvalue weighted by Gasteiger charge is -2.25. The van der Waals surface area contributed by atoms with Crippen LogP contribution in [0.2, 0.25) is 0 Å². The maximum atomic E-state index is 14.6. The first kappa shape index (κ1) is 26.6. The molecule has 1 aromatic heterocycles. The molecule has 2 unspecified atom stereocenters. The molecule has 0 saturated carbocycles. The number of hydrogen-bond donors (Lipinski definition) is 1. The lowest BCUT2D eigenvalue weighted by molar-refractivity contribution is 0.491. The Bertz CT molecular complexity index is 1550. The van der Waals surface area contributed by atoms with Crippen LogP contribution in [-0.4, -0.2) is 22.2 Å². The molecule has 8 heteroatoms. The summed E-state index contributed by atoms with van der Waals surface area (Å²) in [5.74, 6) is -1.16. The Morgan fingerprint density at radius 1 is 0.897 bits per heavy atom. The molecule has 0 aliphatic carbocycles. The fourth-order valence-corrected chi connectivity index (χ4v) is 5.49. The highest BCUT2D eigenvalue weighted by Gasteiger charge is 2.29. The van der Waals surface area contributed by atoms with E-state index in [1.165, 1.54) is 16.2 Å². The van der Waals surface area contributed by atoms with Crippen molar-refractivity contribution in [1.82, 2.24) is 9.13 Å². The van der Waals surface area contributed by atoms with E-state index >= 15 is 0 Å². The second-order valence-electron chi connectivity index (χ2n) is 10.2. The zero-order valence-electron chi connectivity index (χ0n) is 21.9. The van der Waals surface area contributed by atoms with Crippen molar-refractivity contribution in [1.29, 1.82) is 0 Å². The SMILES string of the molecule is Cc1c(N2CCC(Cc3ccccc3)C2)c(=O)n(CC(N)c2ccccc2)c(=O)n1Cc1c(F)cccc1F. The smallest absolute Gasteiger partial charge is 0.331 e. The van der Waals surface area contributed by atoms with Crippen LogP contribution >= 0.6 is 0 Å². The fraction of sp³-hybridized carbons (Fsp3) is 0.290. The molecule has 2 N–H and O–H groups in total. The molecule has 1 saturated heterocycles. The second kappa shape index (κ2) is 11.4. The van der Waals surface area contributed by atoms with E-state index in [9.17, 15) is 18.4 Å². The van der Waals surface area contributed by atoms with Crippen molar-refractivity contribution in [3.05, 3.63) is 134 Å². The van der Waals surface area contributed by atoms with Gasteiger partial charge in [0, 0.05) is 30.4 Å². The summed E-state index contributed by atoms with van der Waals surface area (Å²) in [5, 5.41) is 0. The van der Waals surface area contributed by atoms with Gasteiger partial charge in [-0.1, -0.05) is 66.7 Å². The third-order valence-corrected chi connectivity index (χ3v) is 7.61. The van der Waals surface area contributed by atoms with Gasteiger partial charge in [0.15, 0.2) is 0 Å². The molecule has 0 amide bonds. The molecule has 3 aromatic carbocycles. The maximum absolute atomic E-state index is 14.6. The summed E-state index contributed by atoms with van der Waals surface area (Å²) in [6.07, 6.45) is 1.77. The van der Waals surface area contributed by atoms with Gasteiger partial charge in [0.25, 0.3) is 5.56 Å². The molecule has 0 radical (unpaired) electrons. The van der Waals surface area contributed by atoms with E-state index in [2.05, 4.69) is 12.1 Å². The third kappa shape index (κ3) is 5.56. The van der Waals surface area contributed by atoms with Gasteiger partial charge >= 0.3 is 5.69 Å². The third-order valence-electron chi connectivity index (χ3n) is 7.61. The Morgan fingerprint density at radius 2 is 1.54 bits per heavy atom. The summed E-state index contributed by atoms with van der Waals surface area (Å²) in [5.41, 5.74) is 7.89. The standard InChI is InChI=1S/C31H32F2N4O2/c1-21-29(35-16-15-23(18-35)17-22-9-4-2-5-10-22)30(38)37(20-28(34)24-11-6-3-7-12-24)31(39)36(21)19-25-26(32)13-8-14-27(25)33/h2-14,23,28H,15-20,34H2,1H3. The normalized spacial score (nSPS) is 16.0. The Balaban J connectivity index is 1.55. The number of aromatic nitrogens is 2. The van der Waals surface area contributed by atoms with Crippen LogP contribution in [0.4, 0.5) is 14.5 Å². The Hall–Kier alpha value is -4.04. The van der Waals surface area contributed by atoms with Gasteiger partial charge in [0.05, 0.1) is 13.1 Å². The molecular formula is C31H32F2N4O2. The van der Waals surface area contributed by atoms with E-state index in [0.717, 1.165) is 35.1 Å². The van der Waals surface area contributed by atoms with Crippen LogP contribution in [0.3, 0.4) is 0 Å². The molecule has 2 atom stereocenters. The summed E-state index contributed by atoms with van der Waals surface area (Å²) >= 11 is 0. The van der Waals surface area contributed by atoms with E-state index < -0.39 is 28.9 Å². The van der Waals surface area contributed by atoms with Crippen molar-refractivity contribution < 1.29 is 8.78 Å². The lowest BCUT2D eigenvalue weighted by Crippen LogP contribution is -2.46. The first-order valence-electron chi connectivity index (χ1n) is 13.2. The van der Waals surface area contributed by atoms with Crippen molar-refractivity contribution in [3.8, 4) is 0 Å². The van der Waals surface area contributed by atoms with Crippen molar-refractivity contribution >= 4 is 5.69 Å². The molecule has 2 heterocycles. The van der Waals surface area contributed by atoms with Crippen LogP contribution in [0.1, 0.15) is 34.8 Å². The molecule has 6 nitrogen and oxygen atoms in total. The number of rotatable bonds is 8. The van der Waals surface area contributed by atoms with Gasteiger partial charge in [-0.15, -0.1) is 0 Å². The molecule has 39 heavy (non-hydrogen) atoms. The quantitative estimate of drug-likeness (QED) is 0.366. The summed E-state index contributed by atoms with van der Waals surface area (Å²) in [6.45, 7) is 2.56. The van der Waals surface area contributed by atoms with Gasteiger partial charge in [0.2, 0.25) is 0 Å². The van der Waals surface area contributed by atoms with Crippen LogP contribution in [0.15, 0.2) is 88.5 Å². The van der Waals surface area contributed by atoms with Gasteiger partial charge in [-0.2, -0.15) is 0 Å². The molecular weight excluding hydrogens is 498 g/mol. The second-order valence-corrected chi connectivity index (χ2v) is 10.2. The fourth-order valence-electron chi connectivity index (χ4n) is 5.49. The van der Waals surface area contributed by atoms with Gasteiger partial charge in [0.1, 0.15) is 17.3 Å². The molecule has 202 valence electrons. The predicted molar refractivity (Wildman–Crippen MR) is 149 cm³/mol. The summed E-state index contributed by atoms with van der Waals surface area (Å²) in [7, 11) is 0. The van der Waals surface area contributed by atoms with E-state index in [4.69, 9.17) is 5.73 Å². The molecule has 0 bridgehead atoms. The van der Waals surface area contributed by atoms with E-state index in [1.54, 1.807) is 6.92 Å². The molecule has 5 rings (SSSR count). The van der Waals surface area contributed by atoms with Crippen LogP contribution in [0.5, 0.6) is 0 Å². The van der Waals surface area contributed by atoms with Crippen molar-refractivity contribution in [2.24, 2.45) is 11.7 Å². The predicted octanol–water partition coefficient (Wildman–Crippen LogP) is 4.41. The number of nitrogens with two attached hydrogens (primary N) is 1. The minimum atomic E-state index is -0.745. The van der Waals surface area contributed by atoms with E-state index in [0.29, 0.717) is 30.4 Å². The molecule has 0 spiro atoms. The van der Waals surface area contributed by atoms with Crippen molar-refractivity contribution in [2.45, 2.75) is 38.9 Å². The first-order chi connectivity index (χ1) is 18.8. The van der Waals surface area contributed by atoms with Crippen LogP contribution in [0, 0.1) is 24.5 Å². The Morgan fingerprint density at radius 3 is 2.21 bits per heavy atom. The van der Waals surface area contributed by atoms with Crippen LogP contribution in [0.25, 0.3) is 0 Å². The van der Waals surface area contributed by atoms with Gasteiger partial charge in [-0.3, -0.25) is 13.9 Å². The highest BCUT2D eigenvalue weighted by atomic mass is 19.1. The van der Waals surface area contributed by atoms with Crippen molar-refractivity contribution in [2.75, 3.05) is 18.0 Å². The van der Waals surface area contributed by atoms with Gasteiger partial charge in [-0.05, 0) is 48.9 Å². The number of benzene rings is 3. The summed E-state index contributed by atoms with van der Waals surface area (Å²) in [4.78, 5) is 29.6. The number of halogens is 2. The Kier molecular flexibility index (Phi) is 7.74. The first-order valence-corrected chi connectivity index (χ1v) is 13.2. The largest absolute Gasteiger partial charge is 0.365 e. The van der Waals surface area contributed by atoms with Gasteiger partial charge < -0.3 is 10.6 Å². The molecule has 1 aliphatic heterocycles. The molecule has 4 aromatic rings. The lowest BCUT2D eigenvalue weighted by atomic mass is 9.99. The maximum Gasteiger partial charge on any atom is 0.331 e. The zero-order chi connectivity index (χ0) is 27.5. The number of hydrogen-bond acceptors (Lipinski definition) is 4. The number of anilines is 1. The molecule has 1 fully saturated rings. The minimum Gasteiger partial charge on any atom is -0.365 e. The van der Waals surface area contributed by atoms with Gasteiger partial charge in [-0.25, -0.2) is 13.6 Å². The average Bonchev–Trinajstić information content (AvgIpc) is 3.39. The highest BCUT2D eigenvalue weighted by molar-refractivity contribution is 5.50. The van der Waals surface area contributed by atoms with Crippen molar-refractivity contribution in [3.63, 3.8) is 0 Å².